The number of sulfonamides is 1. The maximum absolute atomic E-state index is 12.1. The summed E-state index contributed by atoms with van der Waals surface area (Å²) in [5.41, 5.74) is 0.537. The Labute approximate surface area is 108 Å². The van der Waals surface area contributed by atoms with Gasteiger partial charge in [-0.3, -0.25) is 4.98 Å². The second-order valence-electron chi connectivity index (χ2n) is 4.29. The van der Waals surface area contributed by atoms with Gasteiger partial charge in [-0.1, -0.05) is 0 Å². The van der Waals surface area contributed by atoms with E-state index in [0.29, 0.717) is 12.2 Å². The van der Waals surface area contributed by atoms with Gasteiger partial charge in [-0.15, -0.1) is 0 Å². The Morgan fingerprint density at radius 1 is 1.44 bits per heavy atom. The molecule has 0 spiro atoms. The average Bonchev–Trinajstić information content (AvgIpc) is 2.35. The Kier molecular flexibility index (Phi) is 5.06. The van der Waals surface area contributed by atoms with Crippen LogP contribution in [0.2, 0.25) is 0 Å². The fourth-order valence-corrected chi connectivity index (χ4v) is 2.57. The van der Waals surface area contributed by atoms with Crippen LogP contribution in [0.1, 0.15) is 6.92 Å². The molecular formula is C11H20N4O2S. The molecule has 2 N–H and O–H groups in total. The molecule has 0 radical (unpaired) electrons. The van der Waals surface area contributed by atoms with Gasteiger partial charge in [0.2, 0.25) is 10.0 Å². The van der Waals surface area contributed by atoms with Crippen molar-refractivity contribution in [1.29, 1.82) is 0 Å². The Bertz CT molecular complexity index is 488. The van der Waals surface area contributed by atoms with E-state index in [9.17, 15) is 8.42 Å². The lowest BCUT2D eigenvalue weighted by atomic mass is 10.3. The van der Waals surface area contributed by atoms with Crippen molar-refractivity contribution in [3.63, 3.8) is 0 Å². The van der Waals surface area contributed by atoms with Crippen molar-refractivity contribution in [3.05, 3.63) is 18.5 Å². The molecule has 1 heterocycles. The molecule has 0 aliphatic heterocycles. The SMILES string of the molecule is CNc1ccncc1S(=O)(=O)NCC(C)N(C)C. The van der Waals surface area contributed by atoms with Crippen LogP contribution in [0.4, 0.5) is 5.69 Å². The summed E-state index contributed by atoms with van der Waals surface area (Å²) >= 11 is 0. The molecule has 18 heavy (non-hydrogen) atoms. The van der Waals surface area contributed by atoms with Crippen molar-refractivity contribution in [3.8, 4) is 0 Å². The molecule has 0 bridgehead atoms. The molecule has 6 nitrogen and oxygen atoms in total. The van der Waals surface area contributed by atoms with Gasteiger partial charge in [0.05, 0.1) is 5.69 Å². The number of aromatic nitrogens is 1. The maximum Gasteiger partial charge on any atom is 0.244 e. The lowest BCUT2D eigenvalue weighted by molar-refractivity contribution is 0.314. The summed E-state index contributed by atoms with van der Waals surface area (Å²) in [6, 6.07) is 1.75. The minimum Gasteiger partial charge on any atom is -0.387 e. The second-order valence-corrected chi connectivity index (χ2v) is 6.02. The van der Waals surface area contributed by atoms with E-state index < -0.39 is 10.0 Å². The van der Waals surface area contributed by atoms with Crippen LogP contribution in [-0.2, 0) is 10.0 Å². The quantitative estimate of drug-likeness (QED) is 0.782. The predicted octanol–water partition coefficient (Wildman–Crippen LogP) is 0.352. The fourth-order valence-electron chi connectivity index (χ4n) is 1.29. The van der Waals surface area contributed by atoms with E-state index in [4.69, 9.17) is 0 Å². The number of nitrogens with zero attached hydrogens (tertiary/aromatic N) is 2. The zero-order chi connectivity index (χ0) is 13.8. The van der Waals surface area contributed by atoms with Crippen molar-refractivity contribution >= 4 is 15.7 Å². The number of nitrogens with one attached hydrogen (secondary N) is 2. The topological polar surface area (TPSA) is 74.3 Å². The average molecular weight is 272 g/mol. The molecule has 1 atom stereocenters. The molecule has 0 amide bonds. The van der Waals surface area contributed by atoms with Crippen molar-refractivity contribution in [2.75, 3.05) is 33.0 Å². The highest BCUT2D eigenvalue weighted by molar-refractivity contribution is 7.89. The summed E-state index contributed by atoms with van der Waals surface area (Å²) in [4.78, 5) is 5.97. The third kappa shape index (κ3) is 3.66. The predicted molar refractivity (Wildman–Crippen MR) is 72.1 cm³/mol. The number of anilines is 1. The van der Waals surface area contributed by atoms with Gasteiger partial charge in [0.1, 0.15) is 4.90 Å². The van der Waals surface area contributed by atoms with E-state index in [1.54, 1.807) is 19.3 Å². The van der Waals surface area contributed by atoms with Crippen LogP contribution in [-0.4, -0.2) is 52.0 Å². The molecule has 1 aromatic rings. The van der Waals surface area contributed by atoms with Crippen molar-refractivity contribution in [2.45, 2.75) is 17.9 Å². The van der Waals surface area contributed by atoms with Crippen molar-refractivity contribution in [1.82, 2.24) is 14.6 Å². The minimum absolute atomic E-state index is 0.120. The largest absolute Gasteiger partial charge is 0.387 e. The highest BCUT2D eigenvalue weighted by atomic mass is 32.2. The summed E-state index contributed by atoms with van der Waals surface area (Å²) in [6.45, 7) is 2.30. The lowest BCUT2D eigenvalue weighted by Crippen LogP contribution is -2.38. The highest BCUT2D eigenvalue weighted by Crippen LogP contribution is 2.18. The van der Waals surface area contributed by atoms with Crippen molar-refractivity contribution in [2.24, 2.45) is 0 Å². The van der Waals surface area contributed by atoms with Gasteiger partial charge in [0.15, 0.2) is 0 Å². The zero-order valence-corrected chi connectivity index (χ0v) is 12.0. The summed E-state index contributed by atoms with van der Waals surface area (Å²) in [5, 5.41) is 2.84. The van der Waals surface area contributed by atoms with Crippen LogP contribution in [0, 0.1) is 0 Å². The number of likely N-dealkylation sites (N-methyl/N-ethyl adjacent to an activating group) is 1. The van der Waals surface area contributed by atoms with Gasteiger partial charge in [-0.25, -0.2) is 13.1 Å². The first-order valence-corrected chi connectivity index (χ1v) is 7.14. The molecule has 1 aromatic heterocycles. The van der Waals surface area contributed by atoms with E-state index in [0.717, 1.165) is 0 Å². The van der Waals surface area contributed by atoms with E-state index in [1.165, 1.54) is 6.20 Å². The molecule has 0 fully saturated rings. The maximum atomic E-state index is 12.1. The van der Waals surface area contributed by atoms with Gasteiger partial charge < -0.3 is 10.2 Å². The van der Waals surface area contributed by atoms with E-state index in [-0.39, 0.29) is 10.9 Å². The van der Waals surface area contributed by atoms with Crippen molar-refractivity contribution < 1.29 is 8.42 Å². The molecule has 1 unspecified atom stereocenters. The number of rotatable bonds is 6. The molecule has 0 saturated heterocycles. The standard InChI is InChI=1S/C11H20N4O2S/c1-9(15(3)4)7-14-18(16,17)11-8-13-6-5-10(11)12-2/h5-6,8-9,14H,7H2,1-4H3,(H,12,13). The van der Waals surface area contributed by atoms with Crippen LogP contribution < -0.4 is 10.0 Å². The Hall–Kier alpha value is -1.18. The van der Waals surface area contributed by atoms with Gasteiger partial charge in [-0.05, 0) is 27.1 Å². The van der Waals surface area contributed by atoms with Gasteiger partial charge in [0, 0.05) is 32.0 Å². The Morgan fingerprint density at radius 3 is 2.67 bits per heavy atom. The number of hydrogen-bond acceptors (Lipinski definition) is 5. The van der Waals surface area contributed by atoms with Gasteiger partial charge >= 0.3 is 0 Å². The number of hydrogen-bond donors (Lipinski definition) is 2. The van der Waals surface area contributed by atoms with Crippen LogP contribution in [0.5, 0.6) is 0 Å². The minimum atomic E-state index is -3.53. The fraction of sp³-hybridized carbons (Fsp3) is 0.545. The van der Waals surface area contributed by atoms with E-state index in [2.05, 4.69) is 15.0 Å². The summed E-state index contributed by atoms with van der Waals surface area (Å²) in [6.07, 6.45) is 2.89. The molecule has 0 saturated carbocycles. The van der Waals surface area contributed by atoms with Crippen LogP contribution in [0.15, 0.2) is 23.4 Å². The monoisotopic (exact) mass is 272 g/mol. The smallest absolute Gasteiger partial charge is 0.244 e. The Balaban J connectivity index is 2.87. The van der Waals surface area contributed by atoms with Crippen LogP contribution >= 0.6 is 0 Å². The summed E-state index contributed by atoms with van der Waals surface area (Å²) < 4.78 is 26.8. The van der Waals surface area contributed by atoms with Crippen LogP contribution in [0.3, 0.4) is 0 Å². The number of pyridine rings is 1. The third-order valence-electron chi connectivity index (χ3n) is 2.79. The molecule has 7 heteroatoms. The van der Waals surface area contributed by atoms with Gasteiger partial charge in [-0.2, -0.15) is 0 Å². The molecule has 0 aliphatic carbocycles. The third-order valence-corrected chi connectivity index (χ3v) is 4.24. The summed E-state index contributed by atoms with van der Waals surface area (Å²) in [5.74, 6) is 0. The highest BCUT2D eigenvalue weighted by Gasteiger charge is 2.19. The van der Waals surface area contributed by atoms with E-state index in [1.807, 2.05) is 25.9 Å². The molecule has 0 aliphatic rings. The normalized spacial score (nSPS) is 13.6. The molecular weight excluding hydrogens is 252 g/mol. The first kappa shape index (κ1) is 14.9. The summed E-state index contributed by atoms with van der Waals surface area (Å²) in [7, 11) is 1.95. The first-order valence-electron chi connectivity index (χ1n) is 5.66. The Morgan fingerprint density at radius 2 is 2.11 bits per heavy atom. The van der Waals surface area contributed by atoms with Crippen LogP contribution in [0.25, 0.3) is 0 Å². The molecule has 1 rings (SSSR count). The lowest BCUT2D eigenvalue weighted by Gasteiger charge is -2.20. The molecule has 0 aromatic carbocycles. The zero-order valence-electron chi connectivity index (χ0n) is 11.1. The first-order chi connectivity index (χ1) is 8.38. The van der Waals surface area contributed by atoms with Gasteiger partial charge in [0.25, 0.3) is 0 Å². The second kappa shape index (κ2) is 6.12. The van der Waals surface area contributed by atoms with E-state index >= 15 is 0 Å². The molecule has 102 valence electrons.